The molecule has 0 saturated heterocycles. The molecule has 14 nitrogen and oxygen atoms in total. The highest BCUT2D eigenvalue weighted by atomic mass is 31.2. The standard InChI is InChI=1S/C27H31FN7O7P/c1-19(26(37)40-15-20-7-5-4-6-8-20)33-43(38,42-22-11-9-21(28)10-12-22)41-14-13-39-18-35-17-29-23-24(35)31-27(32-25(23)36)30-16-34(2)3/h4-12,16-17,19H,13-15,18H2,1-3H3,(H,33,38)(H,31,32,36)/b30-16+/t19-,43?/m0/s1. The molecule has 2 N–H and O–H groups in total. The smallest absolute Gasteiger partial charge is 0.459 e. The molecule has 16 heteroatoms. The van der Waals surface area contributed by atoms with Gasteiger partial charge in [0, 0.05) is 14.1 Å². The summed E-state index contributed by atoms with van der Waals surface area (Å²) in [5.41, 5.74) is 0.688. The van der Waals surface area contributed by atoms with Crippen molar-refractivity contribution < 1.29 is 32.3 Å². The molecule has 1 unspecified atom stereocenters. The topological polar surface area (TPSA) is 162 Å². The number of benzene rings is 2. The van der Waals surface area contributed by atoms with Gasteiger partial charge in [0.1, 0.15) is 30.9 Å². The fraction of sp³-hybridized carbons (Fsp3) is 0.296. The molecule has 4 aromatic rings. The molecule has 2 aromatic carbocycles. The molecular formula is C27H31FN7O7P. The van der Waals surface area contributed by atoms with Crippen LogP contribution in [0.4, 0.5) is 10.3 Å². The molecule has 2 atom stereocenters. The Hall–Kier alpha value is -4.43. The molecule has 0 saturated carbocycles. The Balaban J connectivity index is 1.36. The molecule has 2 heterocycles. The molecule has 0 amide bonds. The third kappa shape index (κ3) is 9.28. The Morgan fingerprint density at radius 3 is 2.65 bits per heavy atom. The number of rotatable bonds is 15. The van der Waals surface area contributed by atoms with E-state index in [0.29, 0.717) is 0 Å². The highest BCUT2D eigenvalue weighted by molar-refractivity contribution is 7.52. The average Bonchev–Trinajstić information content (AvgIpc) is 3.39. The zero-order valence-corrected chi connectivity index (χ0v) is 24.6. The lowest BCUT2D eigenvalue weighted by atomic mass is 10.2. The number of carbonyl (C=O) groups excluding carboxylic acids is 1. The Labute approximate surface area is 246 Å². The van der Waals surface area contributed by atoms with Gasteiger partial charge in [-0.2, -0.15) is 10.1 Å². The summed E-state index contributed by atoms with van der Waals surface area (Å²) in [7, 11) is -0.629. The van der Waals surface area contributed by atoms with E-state index in [2.05, 4.69) is 25.0 Å². The Morgan fingerprint density at radius 2 is 1.93 bits per heavy atom. The van der Waals surface area contributed by atoms with Gasteiger partial charge >= 0.3 is 13.7 Å². The summed E-state index contributed by atoms with van der Waals surface area (Å²) in [6.45, 7) is 1.11. The predicted octanol–water partition coefficient (Wildman–Crippen LogP) is 3.38. The van der Waals surface area contributed by atoms with Crippen molar-refractivity contribution >= 4 is 37.2 Å². The lowest BCUT2D eigenvalue weighted by molar-refractivity contribution is -0.146. The molecule has 4 rings (SSSR count). The minimum absolute atomic E-state index is 0.0245. The SMILES string of the molecule is C[C@H](NP(=O)(OCCOCn1cnc2c(=O)[nH]c(/N=C/N(C)C)nc21)Oc1ccc(F)cc1)C(=O)OCc1ccccc1. The number of hydrogen-bond acceptors (Lipinski definition) is 10. The van der Waals surface area contributed by atoms with Crippen molar-refractivity contribution in [1.29, 1.82) is 0 Å². The summed E-state index contributed by atoms with van der Waals surface area (Å²) in [6.07, 6.45) is 2.88. The molecule has 0 aliphatic rings. The van der Waals surface area contributed by atoms with Crippen molar-refractivity contribution in [3.8, 4) is 5.75 Å². The van der Waals surface area contributed by atoms with E-state index in [9.17, 15) is 18.5 Å². The number of H-pyrrole nitrogens is 1. The van der Waals surface area contributed by atoms with Gasteiger partial charge in [0.15, 0.2) is 11.2 Å². The molecule has 0 fully saturated rings. The Kier molecular flexibility index (Phi) is 10.7. The number of halogens is 1. The van der Waals surface area contributed by atoms with Crippen LogP contribution in [0.25, 0.3) is 11.2 Å². The second-order valence-electron chi connectivity index (χ2n) is 9.34. The van der Waals surface area contributed by atoms with Crippen molar-refractivity contribution in [2.45, 2.75) is 26.3 Å². The number of aromatic amines is 1. The summed E-state index contributed by atoms with van der Waals surface area (Å²) in [5, 5.41) is 2.56. The number of fused-ring (bicyclic) bond motifs is 1. The van der Waals surface area contributed by atoms with E-state index < -0.39 is 31.1 Å². The van der Waals surface area contributed by atoms with Gasteiger partial charge in [-0.1, -0.05) is 30.3 Å². The van der Waals surface area contributed by atoms with E-state index in [1.165, 1.54) is 36.3 Å². The predicted molar refractivity (Wildman–Crippen MR) is 155 cm³/mol. The molecule has 228 valence electrons. The molecule has 0 bridgehead atoms. The first kappa shape index (κ1) is 31.5. The molecular weight excluding hydrogens is 584 g/mol. The number of aliphatic imine (C=N–C) groups is 1. The van der Waals surface area contributed by atoms with Crippen LogP contribution in [0.3, 0.4) is 0 Å². The van der Waals surface area contributed by atoms with E-state index >= 15 is 0 Å². The largest absolute Gasteiger partial charge is 0.460 e. The van der Waals surface area contributed by atoms with Crippen molar-refractivity contribution in [3.63, 3.8) is 0 Å². The monoisotopic (exact) mass is 615 g/mol. The van der Waals surface area contributed by atoms with Gasteiger partial charge in [0.25, 0.3) is 5.56 Å². The van der Waals surface area contributed by atoms with Crippen LogP contribution in [0.15, 0.2) is 70.7 Å². The third-order valence-electron chi connectivity index (χ3n) is 5.56. The number of ether oxygens (including phenoxy) is 2. The maximum atomic E-state index is 13.6. The van der Waals surface area contributed by atoms with Gasteiger partial charge in [0.05, 0.1) is 25.9 Å². The van der Waals surface area contributed by atoms with Gasteiger partial charge in [-0.25, -0.2) is 18.9 Å². The fourth-order valence-electron chi connectivity index (χ4n) is 3.52. The van der Waals surface area contributed by atoms with Crippen molar-refractivity contribution in [2.24, 2.45) is 4.99 Å². The number of nitrogens with one attached hydrogen (secondary N) is 2. The normalized spacial score (nSPS) is 13.6. The van der Waals surface area contributed by atoms with Gasteiger partial charge in [0.2, 0.25) is 5.95 Å². The molecule has 2 aromatic heterocycles. The van der Waals surface area contributed by atoms with Crippen LogP contribution in [0.2, 0.25) is 0 Å². The number of carbonyl (C=O) groups is 1. The first-order valence-electron chi connectivity index (χ1n) is 13.0. The zero-order valence-electron chi connectivity index (χ0n) is 23.7. The maximum absolute atomic E-state index is 13.6. The lowest BCUT2D eigenvalue weighted by Gasteiger charge is -2.23. The molecule has 0 aliphatic heterocycles. The minimum Gasteiger partial charge on any atom is -0.460 e. The number of esters is 1. The van der Waals surface area contributed by atoms with E-state index in [0.717, 1.165) is 17.7 Å². The van der Waals surface area contributed by atoms with Crippen LogP contribution in [-0.2, 0) is 36.7 Å². The van der Waals surface area contributed by atoms with Crippen molar-refractivity contribution in [2.75, 3.05) is 27.3 Å². The van der Waals surface area contributed by atoms with Gasteiger partial charge in [-0.15, -0.1) is 0 Å². The highest BCUT2D eigenvalue weighted by Gasteiger charge is 2.32. The van der Waals surface area contributed by atoms with Crippen LogP contribution in [0.5, 0.6) is 5.75 Å². The van der Waals surface area contributed by atoms with Gasteiger partial charge in [-0.05, 0) is 36.8 Å². The second-order valence-corrected chi connectivity index (χ2v) is 11.0. The van der Waals surface area contributed by atoms with Crippen LogP contribution >= 0.6 is 7.75 Å². The van der Waals surface area contributed by atoms with E-state index in [1.54, 1.807) is 31.1 Å². The highest BCUT2D eigenvalue weighted by Crippen LogP contribution is 2.44. The summed E-state index contributed by atoms with van der Waals surface area (Å²) in [4.78, 5) is 41.6. The quantitative estimate of drug-likeness (QED) is 0.0663. The van der Waals surface area contributed by atoms with Crippen LogP contribution in [0.1, 0.15) is 12.5 Å². The molecule has 0 aliphatic carbocycles. The van der Waals surface area contributed by atoms with E-state index in [1.807, 2.05) is 18.2 Å². The maximum Gasteiger partial charge on any atom is 0.459 e. The Bertz CT molecular complexity index is 1650. The summed E-state index contributed by atoms with van der Waals surface area (Å²) < 4.78 is 50.5. The summed E-state index contributed by atoms with van der Waals surface area (Å²) >= 11 is 0. The van der Waals surface area contributed by atoms with Gasteiger partial charge < -0.3 is 18.9 Å². The van der Waals surface area contributed by atoms with Crippen LogP contribution in [0, 0.1) is 5.82 Å². The number of hydrogen-bond donors (Lipinski definition) is 2. The number of aromatic nitrogens is 4. The second kappa shape index (κ2) is 14.6. The van der Waals surface area contributed by atoms with Crippen molar-refractivity contribution in [3.05, 3.63) is 82.7 Å². The van der Waals surface area contributed by atoms with Gasteiger partial charge in [-0.3, -0.25) is 23.7 Å². The van der Waals surface area contributed by atoms with E-state index in [-0.39, 0.29) is 49.4 Å². The summed E-state index contributed by atoms with van der Waals surface area (Å²) in [6, 6.07) is 12.8. The Morgan fingerprint density at radius 1 is 1.19 bits per heavy atom. The number of imidazole rings is 1. The first-order chi connectivity index (χ1) is 20.6. The third-order valence-corrected chi connectivity index (χ3v) is 7.24. The first-order valence-corrected chi connectivity index (χ1v) is 14.6. The summed E-state index contributed by atoms with van der Waals surface area (Å²) in [5.74, 6) is -1.05. The van der Waals surface area contributed by atoms with Crippen molar-refractivity contribution in [1.82, 2.24) is 29.5 Å². The molecule has 43 heavy (non-hydrogen) atoms. The lowest BCUT2D eigenvalue weighted by Crippen LogP contribution is -2.35. The van der Waals surface area contributed by atoms with Crippen LogP contribution < -0.4 is 15.2 Å². The average molecular weight is 616 g/mol. The zero-order chi connectivity index (χ0) is 30.8. The fourth-order valence-corrected chi connectivity index (χ4v) is 4.99. The minimum atomic E-state index is -4.18. The van der Waals surface area contributed by atoms with Crippen LogP contribution in [-0.4, -0.2) is 70.1 Å². The number of nitrogens with zero attached hydrogens (tertiary/aromatic N) is 5. The van der Waals surface area contributed by atoms with E-state index in [4.69, 9.17) is 18.5 Å². The molecule has 0 radical (unpaired) electrons. The molecule has 0 spiro atoms.